The Morgan fingerprint density at radius 3 is 2.33 bits per heavy atom. The zero-order valence-corrected chi connectivity index (χ0v) is 16.6. The van der Waals surface area contributed by atoms with Gasteiger partial charge in [-0.3, -0.25) is 9.59 Å². The van der Waals surface area contributed by atoms with Gasteiger partial charge in [0.2, 0.25) is 0 Å². The average Bonchev–Trinajstić information content (AvgIpc) is 2.75. The van der Waals surface area contributed by atoms with Gasteiger partial charge in [-0.15, -0.1) is 11.6 Å². The summed E-state index contributed by atoms with van der Waals surface area (Å²) in [6, 6.07) is 0. The molecule has 0 aromatic rings. The molecule has 0 spiro atoms. The summed E-state index contributed by atoms with van der Waals surface area (Å²) in [6.45, 7) is 6.20. The molecular weight excluding hydrogens is 376 g/mol. The molecule has 0 amide bonds. The number of aliphatic hydroxyl groups is 1. The summed E-state index contributed by atoms with van der Waals surface area (Å²) in [7, 11) is 0. The second-order valence-electron chi connectivity index (χ2n) is 7.18. The van der Waals surface area contributed by atoms with E-state index in [-0.39, 0.29) is 12.3 Å². The maximum atomic E-state index is 12.3. The number of alkyl halides is 1. The minimum atomic E-state index is -1.96. The third-order valence-electron chi connectivity index (χ3n) is 4.71. The third kappa shape index (κ3) is 4.90. The Hall–Kier alpha value is -1.86. The molecule has 1 fully saturated rings. The molecule has 0 bridgehead atoms. The molecule has 2 aliphatic rings. The quantitative estimate of drug-likeness (QED) is 0.335. The minimum absolute atomic E-state index is 0.237. The summed E-state index contributed by atoms with van der Waals surface area (Å²) in [4.78, 5) is 35.3. The molecule has 1 aliphatic heterocycles. The number of hydrogen-bond acceptors (Lipinski definition) is 7. The fraction of sp³-hybridized carbons (Fsp3) is 0.632. The van der Waals surface area contributed by atoms with E-state index >= 15 is 0 Å². The fourth-order valence-corrected chi connectivity index (χ4v) is 3.97. The van der Waals surface area contributed by atoms with Gasteiger partial charge >= 0.3 is 17.9 Å². The van der Waals surface area contributed by atoms with Crippen molar-refractivity contribution in [3.63, 3.8) is 0 Å². The van der Waals surface area contributed by atoms with Crippen LogP contribution in [0.4, 0.5) is 0 Å². The molecule has 0 unspecified atom stereocenters. The van der Waals surface area contributed by atoms with E-state index in [2.05, 4.69) is 0 Å². The first kappa shape index (κ1) is 21.4. The maximum Gasteiger partial charge on any atom is 0.340 e. The van der Waals surface area contributed by atoms with Gasteiger partial charge in [-0.1, -0.05) is 11.1 Å². The highest BCUT2D eigenvalue weighted by Gasteiger charge is 2.59. The molecule has 27 heavy (non-hydrogen) atoms. The van der Waals surface area contributed by atoms with Crippen LogP contribution in [0.25, 0.3) is 0 Å². The lowest BCUT2D eigenvalue weighted by Gasteiger charge is -2.33. The lowest BCUT2D eigenvalue weighted by molar-refractivity contribution is -0.159. The van der Waals surface area contributed by atoms with Crippen molar-refractivity contribution >= 4 is 29.5 Å². The van der Waals surface area contributed by atoms with Gasteiger partial charge < -0.3 is 19.3 Å². The summed E-state index contributed by atoms with van der Waals surface area (Å²) in [6.07, 6.45) is 1.99. The average molecular weight is 401 g/mol. The first-order chi connectivity index (χ1) is 12.6. The first-order valence-corrected chi connectivity index (χ1v) is 9.28. The van der Waals surface area contributed by atoms with Crippen molar-refractivity contribution in [2.24, 2.45) is 5.92 Å². The van der Waals surface area contributed by atoms with E-state index in [1.54, 1.807) is 19.1 Å². The lowest BCUT2D eigenvalue weighted by atomic mass is 9.79. The van der Waals surface area contributed by atoms with Crippen molar-refractivity contribution in [2.45, 2.75) is 64.4 Å². The molecule has 1 heterocycles. The van der Waals surface area contributed by atoms with Gasteiger partial charge in [-0.25, -0.2) is 4.79 Å². The second-order valence-corrected chi connectivity index (χ2v) is 7.45. The Morgan fingerprint density at radius 1 is 1.19 bits per heavy atom. The lowest BCUT2D eigenvalue weighted by Crippen LogP contribution is -2.50. The van der Waals surface area contributed by atoms with Gasteiger partial charge in [0, 0.05) is 26.7 Å². The maximum absolute atomic E-state index is 12.3. The van der Waals surface area contributed by atoms with Crippen molar-refractivity contribution in [2.75, 3.05) is 5.88 Å². The number of carbonyl (C=O) groups is 3. The van der Waals surface area contributed by atoms with E-state index in [4.69, 9.17) is 25.8 Å². The van der Waals surface area contributed by atoms with Crippen LogP contribution in [0.2, 0.25) is 0 Å². The van der Waals surface area contributed by atoms with E-state index in [9.17, 15) is 19.5 Å². The van der Waals surface area contributed by atoms with E-state index in [0.717, 1.165) is 11.1 Å². The molecule has 150 valence electrons. The number of fused-ring (bicyclic) bond motifs is 1. The zero-order chi connectivity index (χ0) is 20.4. The van der Waals surface area contributed by atoms with Gasteiger partial charge in [-0.05, 0) is 26.0 Å². The summed E-state index contributed by atoms with van der Waals surface area (Å²) in [5.41, 5.74) is -0.370. The molecule has 0 aromatic heterocycles. The topological polar surface area (TPSA) is 99.1 Å². The Bertz CT molecular complexity index is 684. The highest BCUT2D eigenvalue weighted by Crippen LogP contribution is 2.40. The smallest absolute Gasteiger partial charge is 0.340 e. The van der Waals surface area contributed by atoms with Crippen LogP contribution < -0.4 is 0 Å². The van der Waals surface area contributed by atoms with Crippen molar-refractivity contribution < 1.29 is 33.7 Å². The van der Waals surface area contributed by atoms with Crippen LogP contribution in [0.3, 0.4) is 0 Å². The van der Waals surface area contributed by atoms with Crippen LogP contribution in [-0.2, 0) is 28.6 Å². The monoisotopic (exact) mass is 400 g/mol. The molecule has 7 nitrogen and oxygen atoms in total. The van der Waals surface area contributed by atoms with E-state index in [1.165, 1.54) is 13.8 Å². The zero-order valence-electron chi connectivity index (χ0n) is 15.9. The number of rotatable bonds is 3. The van der Waals surface area contributed by atoms with Crippen LogP contribution in [0.15, 0.2) is 23.3 Å². The molecule has 1 saturated heterocycles. The summed E-state index contributed by atoms with van der Waals surface area (Å²) < 4.78 is 16.1. The van der Waals surface area contributed by atoms with Crippen LogP contribution in [0.1, 0.15) is 40.5 Å². The van der Waals surface area contributed by atoms with E-state index in [0.29, 0.717) is 6.42 Å². The van der Waals surface area contributed by atoms with Crippen LogP contribution >= 0.6 is 11.6 Å². The molecule has 1 aliphatic carbocycles. The second kappa shape index (κ2) is 8.44. The van der Waals surface area contributed by atoms with Gasteiger partial charge in [0.05, 0.1) is 11.8 Å². The van der Waals surface area contributed by atoms with Crippen molar-refractivity contribution in [1.82, 2.24) is 0 Å². The molecular formula is C19H25ClO7. The van der Waals surface area contributed by atoms with E-state index in [1.807, 2.05) is 6.92 Å². The first-order valence-electron chi connectivity index (χ1n) is 8.75. The molecule has 1 N–H and O–H groups in total. The molecule has 5 atom stereocenters. The number of halogens is 1. The Morgan fingerprint density at radius 2 is 1.78 bits per heavy atom. The van der Waals surface area contributed by atoms with Gasteiger partial charge in [0.15, 0.2) is 5.60 Å². The Labute approximate surface area is 163 Å². The normalized spacial score (nSPS) is 37.8. The predicted molar refractivity (Wildman–Crippen MR) is 96.9 cm³/mol. The summed E-state index contributed by atoms with van der Waals surface area (Å²) in [5, 5.41) is 10.9. The Balaban J connectivity index is 2.50. The third-order valence-corrected chi connectivity index (χ3v) is 5.11. The largest absolute Gasteiger partial charge is 0.462 e. The highest BCUT2D eigenvalue weighted by molar-refractivity contribution is 6.20. The number of carbonyl (C=O) groups excluding carboxylic acids is 3. The van der Waals surface area contributed by atoms with Crippen LogP contribution in [0.5, 0.6) is 0 Å². The van der Waals surface area contributed by atoms with Crippen molar-refractivity contribution in [3.8, 4) is 0 Å². The van der Waals surface area contributed by atoms with Crippen molar-refractivity contribution in [1.29, 1.82) is 0 Å². The van der Waals surface area contributed by atoms with Crippen LogP contribution in [-0.4, -0.2) is 52.8 Å². The molecule has 8 heteroatoms. The summed E-state index contributed by atoms with van der Waals surface area (Å²) >= 11 is 5.90. The highest BCUT2D eigenvalue weighted by atomic mass is 35.5. The van der Waals surface area contributed by atoms with Crippen LogP contribution in [0, 0.1) is 5.92 Å². The number of hydrogen-bond donors (Lipinski definition) is 1. The molecule has 2 rings (SSSR count). The summed E-state index contributed by atoms with van der Waals surface area (Å²) in [5.74, 6) is -3.03. The fourth-order valence-electron chi connectivity index (χ4n) is 3.68. The standard InChI is InChI=1S/C19H25ClO7/c1-10-5-14(25-12(3)21)6-11(2)8-16-17(15(7-10)26-13(4)22)19(24,9-20)18(23)27-16/h5,8,14-17,24H,6-7,9H2,1-4H3/b10-5-,11-8-/t14-,15+,16+,17+,19+/m0/s1. The van der Waals surface area contributed by atoms with Gasteiger partial charge in [-0.2, -0.15) is 0 Å². The minimum Gasteiger partial charge on any atom is -0.462 e. The van der Waals surface area contributed by atoms with Gasteiger partial charge in [0.1, 0.15) is 18.3 Å². The number of ether oxygens (including phenoxy) is 3. The van der Waals surface area contributed by atoms with Gasteiger partial charge in [0.25, 0.3) is 0 Å². The van der Waals surface area contributed by atoms with E-state index < -0.39 is 47.7 Å². The Kier molecular flexibility index (Phi) is 6.70. The predicted octanol–water partition coefficient (Wildman–Crippen LogP) is 2.05. The molecule has 0 saturated carbocycles. The van der Waals surface area contributed by atoms with Crippen molar-refractivity contribution in [3.05, 3.63) is 23.3 Å². The SMILES string of the molecule is CC(=O)O[C@H]1/C=C(/C)C[C@@H](OC(C)=O)[C@@H]2[C@@H](/C=C(/C)C1)OC(=O)[C@@]2(O)CCl. The molecule has 0 aromatic carbocycles. The molecule has 0 radical (unpaired) electrons. The number of esters is 3.